The van der Waals surface area contributed by atoms with E-state index in [-0.39, 0.29) is 24.0 Å². The second-order valence-electron chi connectivity index (χ2n) is 7.07. The first-order valence-corrected chi connectivity index (χ1v) is 10.8. The van der Waals surface area contributed by atoms with Crippen LogP contribution < -0.4 is 5.32 Å². The topological polar surface area (TPSA) is 43.8 Å². The Morgan fingerprint density at radius 2 is 1.90 bits per heavy atom. The van der Waals surface area contributed by atoms with Gasteiger partial charge in [-0.25, -0.2) is 4.98 Å². The number of aliphatic imine (C=N–C) groups is 1. The van der Waals surface area contributed by atoms with Crippen LogP contribution in [0.5, 0.6) is 0 Å². The van der Waals surface area contributed by atoms with Crippen molar-refractivity contribution in [1.82, 2.24) is 20.1 Å². The van der Waals surface area contributed by atoms with Crippen molar-refractivity contribution in [3.63, 3.8) is 0 Å². The van der Waals surface area contributed by atoms with Gasteiger partial charge in [0.25, 0.3) is 0 Å². The van der Waals surface area contributed by atoms with E-state index in [2.05, 4.69) is 81.4 Å². The van der Waals surface area contributed by atoms with Crippen molar-refractivity contribution in [2.45, 2.75) is 20.3 Å². The standard InChI is InChI=1S/C22H31N5S.HI/c1-18-21(28-19(2)25-18)11-12-24-22(23-3)27-16-14-26(15-17-27)13-7-10-20-8-5-4-6-9-20;/h4-10H,11-17H2,1-3H3,(H,23,24);1H/b10-7+;. The van der Waals surface area contributed by atoms with Crippen LogP contribution in [-0.2, 0) is 6.42 Å². The highest BCUT2D eigenvalue weighted by Crippen LogP contribution is 2.17. The summed E-state index contributed by atoms with van der Waals surface area (Å²) in [6.45, 7) is 10.2. The number of hydrogen-bond donors (Lipinski definition) is 1. The van der Waals surface area contributed by atoms with Crippen LogP contribution >= 0.6 is 35.3 Å². The number of benzene rings is 1. The highest BCUT2D eigenvalue weighted by molar-refractivity contribution is 14.0. The summed E-state index contributed by atoms with van der Waals surface area (Å²) < 4.78 is 0. The molecule has 1 fully saturated rings. The molecule has 7 heteroatoms. The number of nitrogens with one attached hydrogen (secondary N) is 1. The van der Waals surface area contributed by atoms with Crippen molar-refractivity contribution in [1.29, 1.82) is 0 Å². The van der Waals surface area contributed by atoms with Gasteiger partial charge in [0.15, 0.2) is 5.96 Å². The quantitative estimate of drug-likeness (QED) is 0.354. The van der Waals surface area contributed by atoms with Crippen molar-refractivity contribution in [3.05, 3.63) is 57.6 Å². The normalized spacial score (nSPS) is 15.6. The first-order chi connectivity index (χ1) is 13.7. The number of thiazole rings is 1. The van der Waals surface area contributed by atoms with Crippen LogP contribution in [0.4, 0.5) is 0 Å². The summed E-state index contributed by atoms with van der Waals surface area (Å²) in [5.41, 5.74) is 2.42. The molecule has 1 aliphatic heterocycles. The third kappa shape index (κ3) is 7.38. The number of aryl methyl sites for hydroxylation is 2. The smallest absolute Gasteiger partial charge is 0.193 e. The molecule has 2 aromatic rings. The summed E-state index contributed by atoms with van der Waals surface area (Å²) in [6, 6.07) is 10.5. The van der Waals surface area contributed by atoms with Crippen molar-refractivity contribution < 1.29 is 0 Å². The van der Waals surface area contributed by atoms with E-state index in [9.17, 15) is 0 Å². The molecule has 5 nitrogen and oxygen atoms in total. The van der Waals surface area contributed by atoms with Gasteiger partial charge in [0.2, 0.25) is 0 Å². The van der Waals surface area contributed by atoms with Crippen molar-refractivity contribution in [2.24, 2.45) is 4.99 Å². The zero-order chi connectivity index (χ0) is 19.8. The molecule has 0 amide bonds. The van der Waals surface area contributed by atoms with E-state index < -0.39 is 0 Å². The zero-order valence-electron chi connectivity index (χ0n) is 17.6. The maximum Gasteiger partial charge on any atom is 0.193 e. The second-order valence-corrected chi connectivity index (χ2v) is 8.35. The Morgan fingerprint density at radius 3 is 2.52 bits per heavy atom. The predicted molar refractivity (Wildman–Crippen MR) is 136 cm³/mol. The molecule has 0 unspecified atom stereocenters. The molecule has 158 valence electrons. The maximum absolute atomic E-state index is 4.51. The first-order valence-electron chi connectivity index (χ1n) is 9.98. The molecule has 1 N–H and O–H groups in total. The number of halogens is 1. The molecule has 0 atom stereocenters. The van der Waals surface area contributed by atoms with Gasteiger partial charge in [-0.2, -0.15) is 0 Å². The van der Waals surface area contributed by atoms with Crippen LogP contribution in [0.15, 0.2) is 41.4 Å². The van der Waals surface area contributed by atoms with E-state index in [1.165, 1.54) is 10.4 Å². The van der Waals surface area contributed by atoms with Gasteiger partial charge in [0.05, 0.1) is 10.7 Å². The van der Waals surface area contributed by atoms with Gasteiger partial charge >= 0.3 is 0 Å². The molecule has 1 saturated heterocycles. The molecule has 1 aromatic carbocycles. The van der Waals surface area contributed by atoms with Crippen LogP contribution in [-0.4, -0.2) is 67.1 Å². The highest BCUT2D eigenvalue weighted by Gasteiger charge is 2.18. The number of hydrogen-bond acceptors (Lipinski definition) is 4. The van der Waals surface area contributed by atoms with Crippen LogP contribution in [0.3, 0.4) is 0 Å². The molecular weight excluding hydrogens is 493 g/mol. The predicted octanol–water partition coefficient (Wildman–Crippen LogP) is 3.83. The summed E-state index contributed by atoms with van der Waals surface area (Å²) in [5.74, 6) is 1.01. The lowest BCUT2D eigenvalue weighted by Gasteiger charge is -2.36. The lowest BCUT2D eigenvalue weighted by Crippen LogP contribution is -2.52. The van der Waals surface area contributed by atoms with Gasteiger partial charge in [0.1, 0.15) is 0 Å². The SMILES string of the molecule is CN=C(NCCc1sc(C)nc1C)N1CCN(C/C=C/c2ccccc2)CC1.I. The fraction of sp³-hybridized carbons (Fsp3) is 0.455. The third-order valence-electron chi connectivity index (χ3n) is 4.99. The van der Waals surface area contributed by atoms with E-state index in [4.69, 9.17) is 0 Å². The molecule has 0 spiro atoms. The van der Waals surface area contributed by atoms with Gasteiger partial charge in [-0.15, -0.1) is 35.3 Å². The van der Waals surface area contributed by atoms with E-state index in [1.54, 1.807) is 11.3 Å². The summed E-state index contributed by atoms with van der Waals surface area (Å²) in [5, 5.41) is 4.67. The fourth-order valence-electron chi connectivity index (χ4n) is 3.47. The number of guanidine groups is 1. The first kappa shape index (κ1) is 23.8. The average Bonchev–Trinajstić information content (AvgIpc) is 3.04. The lowest BCUT2D eigenvalue weighted by atomic mass is 10.2. The largest absolute Gasteiger partial charge is 0.356 e. The van der Waals surface area contributed by atoms with Crippen LogP contribution in [0.25, 0.3) is 6.08 Å². The van der Waals surface area contributed by atoms with Crippen molar-refractivity contribution in [3.8, 4) is 0 Å². The van der Waals surface area contributed by atoms with Crippen molar-refractivity contribution >= 4 is 47.3 Å². The van der Waals surface area contributed by atoms with Crippen LogP contribution in [0, 0.1) is 13.8 Å². The number of rotatable bonds is 6. The minimum Gasteiger partial charge on any atom is -0.356 e. The number of aromatic nitrogens is 1. The maximum atomic E-state index is 4.51. The number of piperazine rings is 1. The molecule has 1 aromatic heterocycles. The minimum absolute atomic E-state index is 0. The average molecular weight is 526 g/mol. The molecule has 2 heterocycles. The molecule has 0 radical (unpaired) electrons. The van der Waals surface area contributed by atoms with E-state index >= 15 is 0 Å². The van der Waals surface area contributed by atoms with E-state index in [0.717, 1.165) is 62.4 Å². The molecular formula is C22H32IN5S. The highest BCUT2D eigenvalue weighted by atomic mass is 127. The summed E-state index contributed by atoms with van der Waals surface area (Å²) in [4.78, 5) is 15.2. The van der Waals surface area contributed by atoms with Gasteiger partial charge < -0.3 is 10.2 Å². The van der Waals surface area contributed by atoms with E-state index in [0.29, 0.717) is 0 Å². The Balaban J connectivity index is 0.00000300. The third-order valence-corrected chi connectivity index (χ3v) is 6.12. The molecule has 0 saturated carbocycles. The Labute approximate surface area is 196 Å². The Morgan fingerprint density at radius 1 is 1.17 bits per heavy atom. The van der Waals surface area contributed by atoms with Gasteiger partial charge in [-0.3, -0.25) is 9.89 Å². The molecule has 0 bridgehead atoms. The van der Waals surface area contributed by atoms with Crippen molar-refractivity contribution in [2.75, 3.05) is 46.3 Å². The molecule has 3 rings (SSSR count). The Hall–Kier alpha value is -1.45. The zero-order valence-corrected chi connectivity index (χ0v) is 20.7. The van der Waals surface area contributed by atoms with Gasteiger partial charge in [-0.05, 0) is 19.4 Å². The van der Waals surface area contributed by atoms with Gasteiger partial charge in [0, 0.05) is 57.6 Å². The van der Waals surface area contributed by atoms with Gasteiger partial charge in [-0.1, -0.05) is 42.5 Å². The second kappa shape index (κ2) is 12.3. The summed E-state index contributed by atoms with van der Waals surface area (Å²) in [7, 11) is 1.87. The molecule has 29 heavy (non-hydrogen) atoms. The van der Waals surface area contributed by atoms with E-state index in [1.807, 2.05) is 7.05 Å². The Bertz CT molecular complexity index is 795. The Kier molecular flexibility index (Phi) is 10.1. The van der Waals surface area contributed by atoms with Crippen LogP contribution in [0.1, 0.15) is 21.1 Å². The van der Waals surface area contributed by atoms with Crippen LogP contribution in [0.2, 0.25) is 0 Å². The minimum atomic E-state index is 0. The number of nitrogens with zero attached hydrogens (tertiary/aromatic N) is 4. The summed E-state index contributed by atoms with van der Waals surface area (Å²) in [6.07, 6.45) is 5.47. The fourth-order valence-corrected chi connectivity index (χ4v) is 4.41. The summed E-state index contributed by atoms with van der Waals surface area (Å²) >= 11 is 1.80. The lowest BCUT2D eigenvalue weighted by molar-refractivity contribution is 0.194. The molecule has 0 aliphatic carbocycles. The molecule has 1 aliphatic rings. The monoisotopic (exact) mass is 525 g/mol.